The average Bonchev–Trinajstić information content (AvgIpc) is 2.19. The topological polar surface area (TPSA) is 40.5 Å². The van der Waals surface area contributed by atoms with Crippen LogP contribution in [0.3, 0.4) is 0 Å². The molecule has 0 aliphatic heterocycles. The van der Waals surface area contributed by atoms with Gasteiger partial charge in [0.15, 0.2) is 0 Å². The lowest BCUT2D eigenvalue weighted by Gasteiger charge is -2.36. The third-order valence-corrected chi connectivity index (χ3v) is 3.23. The van der Waals surface area contributed by atoms with Crippen LogP contribution in [0.25, 0.3) is 0 Å². The quantitative estimate of drug-likeness (QED) is 0.526. The third-order valence-electron chi connectivity index (χ3n) is 3.23. The van der Waals surface area contributed by atoms with Gasteiger partial charge in [-0.25, -0.2) is 0 Å². The van der Waals surface area contributed by atoms with Crippen LogP contribution in [0.1, 0.15) is 51.4 Å². The third kappa shape index (κ3) is 3.10. The molecule has 1 atom stereocenters. The van der Waals surface area contributed by atoms with E-state index in [9.17, 15) is 10.2 Å². The van der Waals surface area contributed by atoms with Gasteiger partial charge < -0.3 is 10.2 Å². The average molecular weight is 198 g/mol. The summed E-state index contributed by atoms with van der Waals surface area (Å²) in [5.41, 5.74) is -0.792. The van der Waals surface area contributed by atoms with Crippen molar-refractivity contribution in [3.8, 4) is 0 Å². The summed E-state index contributed by atoms with van der Waals surface area (Å²) >= 11 is 0. The molecule has 0 aromatic carbocycles. The predicted molar refractivity (Wildman–Crippen MR) is 58.1 cm³/mol. The molecule has 0 aromatic heterocycles. The Balaban J connectivity index is 2.32. The number of aliphatic hydroxyl groups excluding tert-OH is 1. The molecular formula is C12H22O2. The summed E-state index contributed by atoms with van der Waals surface area (Å²) in [5.74, 6) is 0. The second kappa shape index (κ2) is 5.52. The minimum Gasteiger partial charge on any atom is -0.390 e. The first-order valence-electron chi connectivity index (χ1n) is 5.70. The molecule has 2 heteroatoms. The van der Waals surface area contributed by atoms with Crippen LogP contribution in [0.4, 0.5) is 0 Å². The Hall–Kier alpha value is -0.340. The highest BCUT2D eigenvalue weighted by molar-refractivity contribution is 4.89. The van der Waals surface area contributed by atoms with Crippen LogP contribution < -0.4 is 0 Å². The summed E-state index contributed by atoms with van der Waals surface area (Å²) in [7, 11) is 0. The molecule has 1 aliphatic rings. The first-order chi connectivity index (χ1) is 6.69. The first-order valence-corrected chi connectivity index (χ1v) is 5.70. The Bertz CT molecular complexity index is 171. The molecule has 1 unspecified atom stereocenters. The summed E-state index contributed by atoms with van der Waals surface area (Å²) in [4.78, 5) is 0. The number of hydrogen-bond donors (Lipinski definition) is 2. The van der Waals surface area contributed by atoms with Crippen molar-refractivity contribution < 1.29 is 10.2 Å². The van der Waals surface area contributed by atoms with Crippen molar-refractivity contribution in [3.05, 3.63) is 12.7 Å². The molecule has 0 aromatic rings. The van der Waals surface area contributed by atoms with Gasteiger partial charge in [-0.2, -0.15) is 0 Å². The molecule has 0 bridgehead atoms. The Labute approximate surface area is 86.6 Å². The molecule has 82 valence electrons. The van der Waals surface area contributed by atoms with E-state index in [1.807, 2.05) is 6.08 Å². The van der Waals surface area contributed by atoms with Gasteiger partial charge in [0.1, 0.15) is 0 Å². The number of hydrogen-bond acceptors (Lipinski definition) is 2. The van der Waals surface area contributed by atoms with Crippen LogP contribution >= 0.6 is 0 Å². The molecular weight excluding hydrogens is 176 g/mol. The van der Waals surface area contributed by atoms with E-state index in [1.54, 1.807) is 0 Å². The van der Waals surface area contributed by atoms with E-state index in [0.717, 1.165) is 38.5 Å². The minimum atomic E-state index is -0.792. The molecule has 1 aliphatic carbocycles. The lowest BCUT2D eigenvalue weighted by atomic mass is 9.79. The second-order valence-electron chi connectivity index (χ2n) is 4.40. The molecule has 2 N–H and O–H groups in total. The van der Waals surface area contributed by atoms with Crippen molar-refractivity contribution in [3.63, 3.8) is 0 Å². The second-order valence-corrected chi connectivity index (χ2v) is 4.40. The summed E-state index contributed by atoms with van der Waals surface area (Å²) in [6.45, 7) is 3.64. The Morgan fingerprint density at radius 3 is 2.50 bits per heavy atom. The van der Waals surface area contributed by atoms with Crippen LogP contribution in [-0.4, -0.2) is 21.9 Å². The summed E-state index contributed by atoms with van der Waals surface area (Å²) in [6, 6.07) is 0. The summed E-state index contributed by atoms with van der Waals surface area (Å²) < 4.78 is 0. The Kier molecular flexibility index (Phi) is 4.63. The van der Waals surface area contributed by atoms with Crippen LogP contribution in [-0.2, 0) is 0 Å². The first kappa shape index (κ1) is 11.7. The van der Waals surface area contributed by atoms with E-state index < -0.39 is 11.7 Å². The number of unbranched alkanes of at least 4 members (excludes halogenated alkanes) is 1. The highest BCUT2D eigenvalue weighted by Crippen LogP contribution is 2.32. The van der Waals surface area contributed by atoms with E-state index >= 15 is 0 Å². The predicted octanol–water partition coefficient (Wildman–Crippen LogP) is 2.40. The van der Waals surface area contributed by atoms with E-state index in [2.05, 4.69) is 6.58 Å². The van der Waals surface area contributed by atoms with Gasteiger partial charge in [0, 0.05) is 0 Å². The normalized spacial score (nSPS) is 23.0. The maximum atomic E-state index is 10.2. The molecule has 0 radical (unpaired) electrons. The van der Waals surface area contributed by atoms with E-state index in [0.29, 0.717) is 6.42 Å². The molecule has 0 amide bonds. The highest BCUT2D eigenvalue weighted by atomic mass is 16.3. The minimum absolute atomic E-state index is 0.539. The number of allylic oxidation sites excluding steroid dienone is 1. The fourth-order valence-electron chi connectivity index (χ4n) is 2.22. The maximum absolute atomic E-state index is 10.2. The lowest BCUT2D eigenvalue weighted by Crippen LogP contribution is -2.43. The molecule has 1 saturated carbocycles. The van der Waals surface area contributed by atoms with E-state index in [-0.39, 0.29) is 0 Å². The van der Waals surface area contributed by atoms with Gasteiger partial charge in [-0.3, -0.25) is 0 Å². The maximum Gasteiger partial charge on any atom is 0.0905 e. The molecule has 1 fully saturated rings. The zero-order valence-corrected chi connectivity index (χ0v) is 8.91. The monoisotopic (exact) mass is 198 g/mol. The number of rotatable bonds is 5. The largest absolute Gasteiger partial charge is 0.390 e. The van der Waals surface area contributed by atoms with Gasteiger partial charge in [0.25, 0.3) is 0 Å². The molecule has 0 spiro atoms. The fourth-order valence-corrected chi connectivity index (χ4v) is 2.22. The van der Waals surface area contributed by atoms with Crippen LogP contribution in [0.15, 0.2) is 12.7 Å². The molecule has 2 nitrogen and oxygen atoms in total. The highest BCUT2D eigenvalue weighted by Gasteiger charge is 2.35. The van der Waals surface area contributed by atoms with Crippen molar-refractivity contribution >= 4 is 0 Å². The van der Waals surface area contributed by atoms with Gasteiger partial charge in [-0.05, 0) is 32.1 Å². The van der Waals surface area contributed by atoms with Gasteiger partial charge in [0.2, 0.25) is 0 Å². The van der Waals surface area contributed by atoms with Crippen molar-refractivity contribution in [1.29, 1.82) is 0 Å². The Morgan fingerprint density at radius 2 is 1.93 bits per heavy atom. The SMILES string of the molecule is C=CCCCC(O)C1(O)CCCCC1. The van der Waals surface area contributed by atoms with Crippen molar-refractivity contribution in [2.24, 2.45) is 0 Å². The summed E-state index contributed by atoms with van der Waals surface area (Å²) in [6.07, 6.45) is 8.69. The number of aliphatic hydroxyl groups is 2. The van der Waals surface area contributed by atoms with Crippen molar-refractivity contribution in [2.45, 2.75) is 63.1 Å². The van der Waals surface area contributed by atoms with Crippen LogP contribution in [0, 0.1) is 0 Å². The molecule has 0 heterocycles. The van der Waals surface area contributed by atoms with Crippen LogP contribution in [0.2, 0.25) is 0 Å². The van der Waals surface area contributed by atoms with Crippen molar-refractivity contribution in [1.82, 2.24) is 0 Å². The standard InChI is InChI=1S/C12H22O2/c1-2-3-5-8-11(13)12(14)9-6-4-7-10-12/h2,11,13-14H,1,3-10H2. The zero-order chi connectivity index (χ0) is 10.4. The van der Waals surface area contributed by atoms with E-state index in [1.165, 1.54) is 6.42 Å². The van der Waals surface area contributed by atoms with Crippen LogP contribution in [0.5, 0.6) is 0 Å². The molecule has 0 saturated heterocycles. The summed E-state index contributed by atoms with van der Waals surface area (Å²) in [5, 5.41) is 20.0. The van der Waals surface area contributed by atoms with Gasteiger partial charge >= 0.3 is 0 Å². The fraction of sp³-hybridized carbons (Fsp3) is 0.833. The smallest absolute Gasteiger partial charge is 0.0905 e. The zero-order valence-electron chi connectivity index (χ0n) is 8.91. The van der Waals surface area contributed by atoms with Gasteiger partial charge in [-0.15, -0.1) is 6.58 Å². The van der Waals surface area contributed by atoms with Gasteiger partial charge in [0.05, 0.1) is 11.7 Å². The van der Waals surface area contributed by atoms with Gasteiger partial charge in [-0.1, -0.05) is 25.3 Å². The lowest BCUT2D eigenvalue weighted by molar-refractivity contribution is -0.0998. The molecule has 1 rings (SSSR count). The molecule has 14 heavy (non-hydrogen) atoms. The Morgan fingerprint density at radius 1 is 1.29 bits per heavy atom. The van der Waals surface area contributed by atoms with Crippen molar-refractivity contribution in [2.75, 3.05) is 0 Å². The van der Waals surface area contributed by atoms with E-state index in [4.69, 9.17) is 0 Å².